The number of nitrogens with one attached hydrogen (secondary N) is 2. The summed E-state index contributed by atoms with van der Waals surface area (Å²) < 4.78 is 16.9. The Morgan fingerprint density at radius 2 is 1.86 bits per heavy atom. The van der Waals surface area contributed by atoms with E-state index in [2.05, 4.69) is 15.8 Å². The molecule has 0 spiro atoms. The van der Waals surface area contributed by atoms with Crippen molar-refractivity contribution in [3.05, 3.63) is 83.7 Å². The van der Waals surface area contributed by atoms with Gasteiger partial charge in [-0.1, -0.05) is 37.1 Å². The van der Waals surface area contributed by atoms with Crippen molar-refractivity contribution < 1.29 is 19.0 Å². The number of hydrogen-bond donors (Lipinski definition) is 2. The van der Waals surface area contributed by atoms with Gasteiger partial charge in [0, 0.05) is 24.7 Å². The van der Waals surface area contributed by atoms with Gasteiger partial charge in [-0.25, -0.2) is 5.43 Å². The monoisotopic (exact) mass is 500 g/mol. The van der Waals surface area contributed by atoms with Crippen LogP contribution >= 0.6 is 0 Å². The molecule has 3 unspecified atom stereocenters. The number of aromatic nitrogens is 1. The van der Waals surface area contributed by atoms with Crippen molar-refractivity contribution >= 4 is 5.91 Å². The fraction of sp³-hybridized carbons (Fsp3) is 0.379. The van der Waals surface area contributed by atoms with Crippen molar-refractivity contribution in [1.29, 1.82) is 0 Å². The van der Waals surface area contributed by atoms with E-state index in [1.165, 1.54) is 12.8 Å². The summed E-state index contributed by atoms with van der Waals surface area (Å²) in [5.41, 5.74) is 9.58. The Morgan fingerprint density at radius 1 is 0.946 bits per heavy atom. The molecule has 8 nitrogen and oxygen atoms in total. The van der Waals surface area contributed by atoms with Gasteiger partial charge in [0.2, 0.25) is 12.7 Å². The van der Waals surface area contributed by atoms with Crippen LogP contribution in [0.2, 0.25) is 0 Å². The van der Waals surface area contributed by atoms with Crippen LogP contribution in [0, 0.1) is 5.92 Å². The first-order valence-electron chi connectivity index (χ1n) is 13.0. The number of amides is 1. The lowest BCUT2D eigenvalue weighted by Crippen LogP contribution is -2.47. The topological polar surface area (TPSA) is 85.0 Å². The van der Waals surface area contributed by atoms with Crippen molar-refractivity contribution in [1.82, 2.24) is 20.7 Å². The molecular formula is C29H32N4O4. The molecule has 3 aromatic rings. The maximum absolute atomic E-state index is 13.8. The van der Waals surface area contributed by atoms with E-state index in [0.717, 1.165) is 46.9 Å². The molecule has 1 saturated carbocycles. The molecule has 0 bridgehead atoms. The highest BCUT2D eigenvalue weighted by molar-refractivity contribution is 5.82. The van der Waals surface area contributed by atoms with Crippen molar-refractivity contribution in [2.45, 2.75) is 57.5 Å². The van der Waals surface area contributed by atoms with Crippen molar-refractivity contribution in [3.63, 3.8) is 0 Å². The van der Waals surface area contributed by atoms with Gasteiger partial charge >= 0.3 is 0 Å². The van der Waals surface area contributed by atoms with E-state index in [1.807, 2.05) is 65.6 Å². The number of ether oxygens (including phenoxy) is 3. The van der Waals surface area contributed by atoms with E-state index in [-0.39, 0.29) is 18.7 Å². The number of hydrogen-bond acceptors (Lipinski definition) is 7. The predicted molar refractivity (Wildman–Crippen MR) is 138 cm³/mol. The Balaban J connectivity index is 1.16. The fourth-order valence-corrected chi connectivity index (χ4v) is 5.53. The number of carbonyl (C=O) groups excluding carboxylic acids is 1. The lowest BCUT2D eigenvalue weighted by atomic mass is 9.81. The van der Waals surface area contributed by atoms with Gasteiger partial charge in [0.05, 0.1) is 12.2 Å². The van der Waals surface area contributed by atoms with Crippen LogP contribution in [0.1, 0.15) is 42.5 Å². The highest BCUT2D eigenvalue weighted by atomic mass is 16.7. The Kier molecular flexibility index (Phi) is 6.92. The number of benzene rings is 2. The lowest BCUT2D eigenvalue weighted by molar-refractivity contribution is -0.135. The van der Waals surface area contributed by atoms with E-state index in [0.29, 0.717) is 31.7 Å². The zero-order valence-electron chi connectivity index (χ0n) is 20.8. The van der Waals surface area contributed by atoms with Crippen LogP contribution in [-0.2, 0) is 24.5 Å². The maximum Gasteiger partial charge on any atom is 0.242 e. The Labute approximate surface area is 216 Å². The van der Waals surface area contributed by atoms with Gasteiger partial charge in [0.25, 0.3) is 0 Å². The second-order valence-electron chi connectivity index (χ2n) is 9.96. The summed E-state index contributed by atoms with van der Waals surface area (Å²) in [6, 6.07) is 19.8. The number of fused-ring (bicyclic) bond motifs is 2. The van der Waals surface area contributed by atoms with Gasteiger partial charge in [0.15, 0.2) is 11.5 Å². The first-order chi connectivity index (χ1) is 18.2. The maximum atomic E-state index is 13.8. The normalized spacial score (nSPS) is 21.9. The molecule has 1 amide bonds. The second kappa shape index (κ2) is 10.8. The fourth-order valence-electron chi connectivity index (χ4n) is 5.53. The van der Waals surface area contributed by atoms with E-state index in [9.17, 15) is 4.79 Å². The zero-order valence-corrected chi connectivity index (χ0v) is 20.8. The Hall–Kier alpha value is -3.62. The third kappa shape index (κ3) is 5.40. The summed E-state index contributed by atoms with van der Waals surface area (Å²) in [5.74, 6) is 2.69. The van der Waals surface area contributed by atoms with Crippen molar-refractivity contribution in [3.8, 4) is 17.2 Å². The summed E-state index contributed by atoms with van der Waals surface area (Å²) in [5, 5.41) is 0. The smallest absolute Gasteiger partial charge is 0.242 e. The molecule has 192 valence electrons. The Bertz CT molecular complexity index is 1240. The van der Waals surface area contributed by atoms with Gasteiger partial charge in [0.1, 0.15) is 18.4 Å². The predicted octanol–water partition coefficient (Wildman–Crippen LogP) is 3.95. The molecule has 37 heavy (non-hydrogen) atoms. The summed E-state index contributed by atoms with van der Waals surface area (Å²) in [7, 11) is 0. The highest BCUT2D eigenvalue weighted by Crippen LogP contribution is 2.33. The van der Waals surface area contributed by atoms with Gasteiger partial charge < -0.3 is 19.1 Å². The molecular weight excluding hydrogens is 468 g/mol. The molecule has 1 saturated heterocycles. The number of rotatable bonds is 8. The second-order valence-corrected chi connectivity index (χ2v) is 9.96. The average Bonchev–Trinajstić information content (AvgIpc) is 3.59. The molecule has 2 fully saturated rings. The van der Waals surface area contributed by atoms with Gasteiger partial charge in [-0.2, -0.15) is 0 Å². The van der Waals surface area contributed by atoms with Crippen LogP contribution in [0.15, 0.2) is 66.9 Å². The molecule has 3 aliphatic rings. The third-order valence-corrected chi connectivity index (χ3v) is 7.44. The molecule has 2 aliphatic heterocycles. The number of pyridine rings is 1. The van der Waals surface area contributed by atoms with E-state index in [4.69, 9.17) is 14.2 Å². The summed E-state index contributed by atoms with van der Waals surface area (Å²) in [6.45, 7) is 1.60. The van der Waals surface area contributed by atoms with Crippen LogP contribution in [0.4, 0.5) is 0 Å². The third-order valence-electron chi connectivity index (χ3n) is 7.44. The minimum absolute atomic E-state index is 0.110. The molecule has 2 aromatic carbocycles. The number of carbonyl (C=O) groups is 1. The Morgan fingerprint density at radius 3 is 2.78 bits per heavy atom. The van der Waals surface area contributed by atoms with Gasteiger partial charge in [-0.3, -0.25) is 15.2 Å². The quantitative estimate of drug-likeness (QED) is 0.484. The van der Waals surface area contributed by atoms with Crippen molar-refractivity contribution in [2.24, 2.45) is 5.92 Å². The van der Waals surface area contributed by atoms with Crippen LogP contribution < -0.4 is 25.1 Å². The van der Waals surface area contributed by atoms with Gasteiger partial charge in [-0.15, -0.1) is 0 Å². The molecule has 3 atom stereocenters. The summed E-state index contributed by atoms with van der Waals surface area (Å²) in [4.78, 5) is 20.2. The van der Waals surface area contributed by atoms with Crippen LogP contribution in [-0.4, -0.2) is 34.7 Å². The van der Waals surface area contributed by atoms with Crippen LogP contribution in [0.5, 0.6) is 17.2 Å². The van der Waals surface area contributed by atoms with Crippen LogP contribution in [0.25, 0.3) is 0 Å². The SMILES string of the molecule is O=C(C1NNC2CCCCC21)N(Cc1cccc(OCc2ccc3c(c2)OCO3)c1)Cc1ccccn1. The standard InChI is InChI=1S/C29H32N4O4/c34-29(28-24-9-1-2-10-25(24)31-32-28)33(17-22-7-3-4-13-30-22)16-20-6-5-8-23(14-20)35-18-21-11-12-26-27(15-21)37-19-36-26/h3-8,11-15,24-25,28,31-32H,1-2,9-10,16-19H2. The lowest BCUT2D eigenvalue weighted by Gasteiger charge is -2.30. The van der Waals surface area contributed by atoms with E-state index in [1.54, 1.807) is 6.20 Å². The molecule has 1 aliphatic carbocycles. The number of nitrogens with zero attached hydrogens (tertiary/aromatic N) is 2. The van der Waals surface area contributed by atoms with Gasteiger partial charge in [-0.05, 0) is 60.4 Å². The van der Waals surface area contributed by atoms with E-state index < -0.39 is 0 Å². The molecule has 6 rings (SSSR count). The van der Waals surface area contributed by atoms with Crippen LogP contribution in [0.3, 0.4) is 0 Å². The highest BCUT2D eigenvalue weighted by Gasteiger charge is 2.42. The molecule has 8 heteroatoms. The molecule has 2 N–H and O–H groups in total. The first kappa shape index (κ1) is 23.8. The summed E-state index contributed by atoms with van der Waals surface area (Å²) in [6.07, 6.45) is 6.35. The summed E-state index contributed by atoms with van der Waals surface area (Å²) >= 11 is 0. The minimum Gasteiger partial charge on any atom is -0.489 e. The largest absolute Gasteiger partial charge is 0.489 e. The average molecular weight is 501 g/mol. The molecule has 1 aromatic heterocycles. The molecule has 0 radical (unpaired) electrons. The minimum atomic E-state index is -0.223. The van der Waals surface area contributed by atoms with E-state index >= 15 is 0 Å². The zero-order chi connectivity index (χ0) is 25.0. The molecule has 3 heterocycles. The number of hydrazine groups is 1. The van der Waals surface area contributed by atoms with Crippen molar-refractivity contribution in [2.75, 3.05) is 6.79 Å². The first-order valence-corrected chi connectivity index (χ1v) is 13.0.